The fourth-order valence-corrected chi connectivity index (χ4v) is 1.17. The van der Waals surface area contributed by atoms with E-state index in [-0.39, 0.29) is 0 Å². The van der Waals surface area contributed by atoms with Gasteiger partial charge in [-0.3, -0.25) is 0 Å². The highest BCUT2D eigenvalue weighted by Crippen LogP contribution is 2.07. The third kappa shape index (κ3) is 7.56. The lowest BCUT2D eigenvalue weighted by molar-refractivity contribution is 0.534. The van der Waals surface area contributed by atoms with Gasteiger partial charge in [-0.15, -0.1) is 0 Å². The van der Waals surface area contributed by atoms with Gasteiger partial charge in [-0.1, -0.05) is 26.2 Å². The van der Waals surface area contributed by atoms with E-state index in [9.17, 15) is 0 Å². The SMILES string of the molecule is CCC(N)CCCCCCC#N. The van der Waals surface area contributed by atoms with Gasteiger partial charge in [0.05, 0.1) is 6.07 Å². The van der Waals surface area contributed by atoms with E-state index in [1.165, 1.54) is 19.3 Å². The normalized spacial score (nSPS) is 12.4. The Bertz CT molecular complexity index is 126. The summed E-state index contributed by atoms with van der Waals surface area (Å²) in [5, 5.41) is 8.28. The first-order chi connectivity index (χ1) is 5.81. The number of nitrogens with two attached hydrogens (primary N) is 1. The molecule has 12 heavy (non-hydrogen) atoms. The van der Waals surface area contributed by atoms with Gasteiger partial charge in [0.25, 0.3) is 0 Å². The van der Waals surface area contributed by atoms with Crippen LogP contribution >= 0.6 is 0 Å². The number of hydrogen-bond acceptors (Lipinski definition) is 2. The monoisotopic (exact) mass is 168 g/mol. The van der Waals surface area contributed by atoms with E-state index in [2.05, 4.69) is 13.0 Å². The topological polar surface area (TPSA) is 49.8 Å². The van der Waals surface area contributed by atoms with Gasteiger partial charge < -0.3 is 5.73 Å². The van der Waals surface area contributed by atoms with Crippen molar-refractivity contribution in [3.05, 3.63) is 0 Å². The second kappa shape index (κ2) is 8.55. The largest absolute Gasteiger partial charge is 0.328 e. The van der Waals surface area contributed by atoms with Crippen LogP contribution in [-0.2, 0) is 0 Å². The quantitative estimate of drug-likeness (QED) is 0.594. The summed E-state index contributed by atoms with van der Waals surface area (Å²) < 4.78 is 0. The molecule has 0 aromatic carbocycles. The van der Waals surface area contributed by atoms with Crippen LogP contribution in [0, 0.1) is 11.3 Å². The summed E-state index contributed by atoms with van der Waals surface area (Å²) in [5.41, 5.74) is 5.76. The van der Waals surface area contributed by atoms with Crippen LogP contribution < -0.4 is 5.73 Å². The minimum Gasteiger partial charge on any atom is -0.328 e. The molecule has 2 heteroatoms. The molecule has 0 aliphatic carbocycles. The van der Waals surface area contributed by atoms with Crippen molar-refractivity contribution in [1.29, 1.82) is 5.26 Å². The Morgan fingerprint density at radius 2 is 1.92 bits per heavy atom. The summed E-state index contributed by atoms with van der Waals surface area (Å²) in [6.07, 6.45) is 7.62. The molecule has 2 nitrogen and oxygen atoms in total. The molecular weight excluding hydrogens is 148 g/mol. The van der Waals surface area contributed by atoms with E-state index in [0.717, 1.165) is 19.3 Å². The van der Waals surface area contributed by atoms with E-state index >= 15 is 0 Å². The molecule has 0 radical (unpaired) electrons. The van der Waals surface area contributed by atoms with Gasteiger partial charge in [-0.2, -0.15) is 5.26 Å². The summed E-state index contributed by atoms with van der Waals surface area (Å²) in [6, 6.07) is 2.54. The molecule has 0 rings (SSSR count). The predicted octanol–water partition coefficient (Wildman–Crippen LogP) is 2.59. The van der Waals surface area contributed by atoms with Crippen molar-refractivity contribution < 1.29 is 0 Å². The molecule has 0 aliphatic rings. The highest BCUT2D eigenvalue weighted by Gasteiger charge is 1.97. The second-order valence-electron chi connectivity index (χ2n) is 3.28. The van der Waals surface area contributed by atoms with Crippen molar-refractivity contribution in [3.63, 3.8) is 0 Å². The molecule has 0 bridgehead atoms. The molecule has 0 aromatic heterocycles. The van der Waals surface area contributed by atoms with Gasteiger partial charge in [-0.25, -0.2) is 0 Å². The summed E-state index contributed by atoms with van der Waals surface area (Å²) >= 11 is 0. The Kier molecular flexibility index (Phi) is 8.15. The standard InChI is InChI=1S/C10H20N2/c1-2-10(12)8-6-4-3-5-7-9-11/h10H,2-8,12H2,1H3. The minimum atomic E-state index is 0.390. The maximum Gasteiger partial charge on any atom is 0.0621 e. The Hall–Kier alpha value is -0.550. The second-order valence-corrected chi connectivity index (χ2v) is 3.28. The Morgan fingerprint density at radius 3 is 2.50 bits per heavy atom. The van der Waals surface area contributed by atoms with Gasteiger partial charge in [0.15, 0.2) is 0 Å². The van der Waals surface area contributed by atoms with Gasteiger partial charge in [0.2, 0.25) is 0 Å². The zero-order valence-electron chi connectivity index (χ0n) is 8.05. The Balaban J connectivity index is 2.96. The van der Waals surface area contributed by atoms with Crippen molar-refractivity contribution >= 4 is 0 Å². The summed E-state index contributed by atoms with van der Waals surface area (Å²) in [4.78, 5) is 0. The fourth-order valence-electron chi connectivity index (χ4n) is 1.17. The zero-order valence-corrected chi connectivity index (χ0v) is 8.05. The van der Waals surface area contributed by atoms with Crippen molar-refractivity contribution in [1.82, 2.24) is 0 Å². The van der Waals surface area contributed by atoms with Gasteiger partial charge in [0, 0.05) is 12.5 Å². The zero-order chi connectivity index (χ0) is 9.23. The van der Waals surface area contributed by atoms with Crippen LogP contribution in [0.1, 0.15) is 51.9 Å². The molecule has 0 spiro atoms. The molecule has 0 saturated heterocycles. The first-order valence-corrected chi connectivity index (χ1v) is 4.93. The highest BCUT2D eigenvalue weighted by atomic mass is 14.6. The van der Waals surface area contributed by atoms with Crippen LogP contribution in [0.25, 0.3) is 0 Å². The molecule has 0 heterocycles. The number of nitriles is 1. The van der Waals surface area contributed by atoms with Crippen LogP contribution in [0.4, 0.5) is 0 Å². The van der Waals surface area contributed by atoms with Crippen molar-refractivity contribution in [2.24, 2.45) is 5.73 Å². The molecule has 0 aromatic rings. The summed E-state index contributed by atoms with van der Waals surface area (Å²) in [5.74, 6) is 0. The van der Waals surface area contributed by atoms with Crippen molar-refractivity contribution in [3.8, 4) is 6.07 Å². The molecule has 70 valence electrons. The lowest BCUT2D eigenvalue weighted by Crippen LogP contribution is -2.17. The fraction of sp³-hybridized carbons (Fsp3) is 0.900. The van der Waals surface area contributed by atoms with Crippen LogP contribution in [0.15, 0.2) is 0 Å². The summed E-state index contributed by atoms with van der Waals surface area (Å²) in [6.45, 7) is 2.13. The van der Waals surface area contributed by atoms with E-state index in [1.807, 2.05) is 0 Å². The lowest BCUT2D eigenvalue weighted by Gasteiger charge is -2.06. The van der Waals surface area contributed by atoms with Gasteiger partial charge in [-0.05, 0) is 19.3 Å². The Morgan fingerprint density at radius 1 is 1.25 bits per heavy atom. The summed E-state index contributed by atoms with van der Waals surface area (Å²) in [7, 11) is 0. The maximum atomic E-state index is 8.28. The average molecular weight is 168 g/mol. The number of rotatable bonds is 7. The maximum absolute atomic E-state index is 8.28. The van der Waals surface area contributed by atoms with Crippen LogP contribution in [0.5, 0.6) is 0 Å². The number of unbranched alkanes of at least 4 members (excludes halogenated alkanes) is 4. The van der Waals surface area contributed by atoms with E-state index < -0.39 is 0 Å². The molecule has 0 amide bonds. The van der Waals surface area contributed by atoms with E-state index in [0.29, 0.717) is 12.5 Å². The molecule has 0 aliphatic heterocycles. The minimum absolute atomic E-state index is 0.390. The van der Waals surface area contributed by atoms with Gasteiger partial charge in [0.1, 0.15) is 0 Å². The average Bonchev–Trinajstić information content (AvgIpc) is 2.10. The third-order valence-corrected chi connectivity index (χ3v) is 2.14. The molecule has 2 N–H and O–H groups in total. The molecule has 0 saturated carbocycles. The smallest absolute Gasteiger partial charge is 0.0621 e. The van der Waals surface area contributed by atoms with Gasteiger partial charge >= 0.3 is 0 Å². The molecule has 1 unspecified atom stereocenters. The Labute approximate surface area is 75.8 Å². The van der Waals surface area contributed by atoms with Crippen LogP contribution in [-0.4, -0.2) is 6.04 Å². The first kappa shape index (κ1) is 11.4. The number of nitrogens with zero attached hydrogens (tertiary/aromatic N) is 1. The lowest BCUT2D eigenvalue weighted by atomic mass is 10.1. The highest BCUT2D eigenvalue weighted by molar-refractivity contribution is 4.68. The van der Waals surface area contributed by atoms with E-state index in [1.54, 1.807) is 0 Å². The molecular formula is C10H20N2. The van der Waals surface area contributed by atoms with Crippen molar-refractivity contribution in [2.45, 2.75) is 57.9 Å². The molecule has 0 fully saturated rings. The predicted molar refractivity (Wildman–Crippen MR) is 51.6 cm³/mol. The third-order valence-electron chi connectivity index (χ3n) is 2.14. The van der Waals surface area contributed by atoms with Crippen molar-refractivity contribution in [2.75, 3.05) is 0 Å². The van der Waals surface area contributed by atoms with Crippen LogP contribution in [0.2, 0.25) is 0 Å². The van der Waals surface area contributed by atoms with E-state index in [4.69, 9.17) is 11.0 Å². The number of hydrogen-bond donors (Lipinski definition) is 1. The first-order valence-electron chi connectivity index (χ1n) is 4.93. The van der Waals surface area contributed by atoms with Crippen LogP contribution in [0.3, 0.4) is 0 Å². The molecule has 1 atom stereocenters.